The highest BCUT2D eigenvalue weighted by Gasteiger charge is 2.39. The summed E-state index contributed by atoms with van der Waals surface area (Å²) in [6.45, 7) is 3.76. The SMILES string of the molecule is CC(c1ccccc1)C(C)(O)C(=O)N(C)Cc1cnc(N(C)C)nc1. The number of hydrogen-bond donors (Lipinski definition) is 1. The molecule has 2 rings (SSSR count). The van der Waals surface area contributed by atoms with Crippen molar-refractivity contribution in [1.82, 2.24) is 14.9 Å². The van der Waals surface area contributed by atoms with Gasteiger partial charge in [-0.2, -0.15) is 0 Å². The second kappa shape index (κ2) is 7.61. The molecule has 0 radical (unpaired) electrons. The van der Waals surface area contributed by atoms with Gasteiger partial charge >= 0.3 is 0 Å². The monoisotopic (exact) mass is 342 g/mol. The number of nitrogens with zero attached hydrogens (tertiary/aromatic N) is 4. The van der Waals surface area contributed by atoms with Gasteiger partial charge in [-0.1, -0.05) is 37.3 Å². The topological polar surface area (TPSA) is 69.6 Å². The number of rotatable bonds is 6. The quantitative estimate of drug-likeness (QED) is 0.870. The van der Waals surface area contributed by atoms with E-state index < -0.39 is 5.60 Å². The molecule has 2 unspecified atom stereocenters. The summed E-state index contributed by atoms with van der Waals surface area (Å²) in [4.78, 5) is 24.6. The fourth-order valence-electron chi connectivity index (χ4n) is 2.64. The van der Waals surface area contributed by atoms with Crippen molar-refractivity contribution in [2.24, 2.45) is 0 Å². The number of aliphatic hydroxyl groups is 1. The number of benzene rings is 1. The summed E-state index contributed by atoms with van der Waals surface area (Å²) in [5.41, 5.74) is 0.234. The first-order valence-corrected chi connectivity index (χ1v) is 8.24. The molecule has 0 spiro atoms. The summed E-state index contributed by atoms with van der Waals surface area (Å²) in [5, 5.41) is 10.8. The molecule has 0 saturated carbocycles. The van der Waals surface area contributed by atoms with Crippen molar-refractivity contribution in [2.75, 3.05) is 26.0 Å². The first-order valence-electron chi connectivity index (χ1n) is 8.24. The van der Waals surface area contributed by atoms with Gasteiger partial charge in [0.2, 0.25) is 5.95 Å². The zero-order valence-electron chi connectivity index (χ0n) is 15.5. The number of amides is 1. The van der Waals surface area contributed by atoms with Crippen molar-refractivity contribution in [3.63, 3.8) is 0 Å². The number of aromatic nitrogens is 2. The van der Waals surface area contributed by atoms with Crippen LogP contribution >= 0.6 is 0 Å². The van der Waals surface area contributed by atoms with E-state index in [1.54, 1.807) is 26.4 Å². The van der Waals surface area contributed by atoms with Crippen LogP contribution in [0.15, 0.2) is 42.7 Å². The van der Waals surface area contributed by atoms with Gasteiger partial charge in [0.25, 0.3) is 5.91 Å². The van der Waals surface area contributed by atoms with Crippen molar-refractivity contribution in [2.45, 2.75) is 31.9 Å². The third kappa shape index (κ3) is 4.33. The first kappa shape index (κ1) is 18.9. The van der Waals surface area contributed by atoms with Crippen LogP contribution < -0.4 is 4.90 Å². The van der Waals surface area contributed by atoms with Crippen LogP contribution in [0, 0.1) is 0 Å². The number of hydrogen-bond acceptors (Lipinski definition) is 5. The fourth-order valence-corrected chi connectivity index (χ4v) is 2.64. The number of likely N-dealkylation sites (N-methyl/N-ethyl adjacent to an activating group) is 1. The lowest BCUT2D eigenvalue weighted by Gasteiger charge is -2.33. The standard InChI is InChI=1S/C19H26N4O2/c1-14(16-9-7-6-8-10-16)19(2,25)17(24)23(5)13-15-11-20-18(21-12-15)22(3)4/h6-12,14,25H,13H2,1-5H3. The molecule has 2 aromatic rings. The van der Waals surface area contributed by atoms with Crippen molar-refractivity contribution >= 4 is 11.9 Å². The van der Waals surface area contributed by atoms with Crippen molar-refractivity contribution in [1.29, 1.82) is 0 Å². The highest BCUT2D eigenvalue weighted by molar-refractivity contribution is 5.85. The van der Waals surface area contributed by atoms with Crippen LogP contribution in [0.2, 0.25) is 0 Å². The fraction of sp³-hybridized carbons (Fsp3) is 0.421. The summed E-state index contributed by atoms with van der Waals surface area (Å²) >= 11 is 0. The van der Waals surface area contributed by atoms with Crippen LogP contribution in [0.5, 0.6) is 0 Å². The average Bonchev–Trinajstić information content (AvgIpc) is 2.61. The molecule has 0 fully saturated rings. The van der Waals surface area contributed by atoms with E-state index in [0.29, 0.717) is 12.5 Å². The highest BCUT2D eigenvalue weighted by Crippen LogP contribution is 2.29. The van der Waals surface area contributed by atoms with E-state index in [4.69, 9.17) is 0 Å². The molecular weight excluding hydrogens is 316 g/mol. The molecule has 0 aliphatic carbocycles. The minimum Gasteiger partial charge on any atom is -0.380 e. The molecule has 0 aliphatic heterocycles. The number of anilines is 1. The van der Waals surface area contributed by atoms with E-state index in [-0.39, 0.29) is 11.8 Å². The molecule has 2 atom stereocenters. The number of carbonyl (C=O) groups is 1. The molecule has 0 aliphatic rings. The Labute approximate surface area is 149 Å². The summed E-state index contributed by atoms with van der Waals surface area (Å²) in [6.07, 6.45) is 3.39. The Balaban J connectivity index is 2.09. The van der Waals surface area contributed by atoms with E-state index >= 15 is 0 Å². The zero-order valence-corrected chi connectivity index (χ0v) is 15.5. The molecule has 1 aromatic carbocycles. The molecule has 1 amide bonds. The first-order chi connectivity index (χ1) is 11.7. The van der Waals surface area contributed by atoms with Crippen molar-refractivity contribution in [3.8, 4) is 0 Å². The summed E-state index contributed by atoms with van der Waals surface area (Å²) < 4.78 is 0. The largest absolute Gasteiger partial charge is 0.380 e. The van der Waals surface area contributed by atoms with Crippen molar-refractivity contribution in [3.05, 3.63) is 53.9 Å². The highest BCUT2D eigenvalue weighted by atomic mass is 16.3. The summed E-state index contributed by atoms with van der Waals surface area (Å²) in [6, 6.07) is 9.55. The van der Waals surface area contributed by atoms with Gasteiger partial charge in [0, 0.05) is 51.6 Å². The van der Waals surface area contributed by atoms with Gasteiger partial charge in [-0.25, -0.2) is 9.97 Å². The maximum Gasteiger partial charge on any atom is 0.254 e. The molecule has 6 nitrogen and oxygen atoms in total. The maximum absolute atomic E-state index is 12.8. The van der Waals surface area contributed by atoms with E-state index in [1.807, 2.05) is 56.3 Å². The van der Waals surface area contributed by atoms with Crippen LogP contribution in [-0.2, 0) is 11.3 Å². The van der Waals surface area contributed by atoms with Gasteiger partial charge in [-0.15, -0.1) is 0 Å². The Morgan fingerprint density at radius 3 is 2.24 bits per heavy atom. The number of carbonyl (C=O) groups excluding carboxylic acids is 1. The third-order valence-corrected chi connectivity index (χ3v) is 4.43. The van der Waals surface area contributed by atoms with Gasteiger partial charge < -0.3 is 14.9 Å². The Morgan fingerprint density at radius 2 is 1.72 bits per heavy atom. The zero-order chi connectivity index (χ0) is 18.6. The van der Waals surface area contributed by atoms with Gasteiger partial charge in [0.05, 0.1) is 0 Å². The summed E-state index contributed by atoms with van der Waals surface area (Å²) in [5.74, 6) is -0.0426. The second-order valence-electron chi connectivity index (χ2n) is 6.73. The van der Waals surface area contributed by atoms with E-state index in [2.05, 4.69) is 9.97 Å². The second-order valence-corrected chi connectivity index (χ2v) is 6.73. The average molecular weight is 342 g/mol. The third-order valence-electron chi connectivity index (χ3n) is 4.43. The Hall–Kier alpha value is -2.47. The molecular formula is C19H26N4O2. The van der Waals surface area contributed by atoms with Crippen LogP contribution in [0.1, 0.15) is 30.9 Å². The minimum atomic E-state index is -1.50. The van der Waals surface area contributed by atoms with Gasteiger partial charge in [0.15, 0.2) is 0 Å². The van der Waals surface area contributed by atoms with Crippen LogP contribution in [-0.4, -0.2) is 52.6 Å². The lowest BCUT2D eigenvalue weighted by molar-refractivity contribution is -0.150. The van der Waals surface area contributed by atoms with Crippen LogP contribution in [0.25, 0.3) is 0 Å². The Bertz CT molecular complexity index is 699. The lowest BCUT2D eigenvalue weighted by Crippen LogP contribution is -2.48. The maximum atomic E-state index is 12.8. The van der Waals surface area contributed by atoms with E-state index in [9.17, 15) is 9.90 Å². The normalized spacial score (nSPS) is 14.5. The van der Waals surface area contributed by atoms with E-state index in [0.717, 1.165) is 11.1 Å². The summed E-state index contributed by atoms with van der Waals surface area (Å²) in [7, 11) is 5.41. The van der Waals surface area contributed by atoms with Gasteiger partial charge in [0.1, 0.15) is 5.60 Å². The lowest BCUT2D eigenvalue weighted by atomic mass is 9.84. The minimum absolute atomic E-state index is 0.323. The molecule has 1 N–H and O–H groups in total. The molecule has 1 heterocycles. The van der Waals surface area contributed by atoms with Gasteiger partial charge in [-0.05, 0) is 12.5 Å². The van der Waals surface area contributed by atoms with Crippen LogP contribution in [0.4, 0.5) is 5.95 Å². The molecule has 0 bridgehead atoms. The predicted molar refractivity (Wildman–Crippen MR) is 98.3 cm³/mol. The molecule has 1 aromatic heterocycles. The van der Waals surface area contributed by atoms with E-state index in [1.165, 1.54) is 4.90 Å². The molecule has 6 heteroatoms. The smallest absolute Gasteiger partial charge is 0.254 e. The Morgan fingerprint density at radius 1 is 1.16 bits per heavy atom. The van der Waals surface area contributed by atoms with Crippen molar-refractivity contribution < 1.29 is 9.90 Å². The Kier molecular flexibility index (Phi) is 5.74. The molecule has 134 valence electrons. The van der Waals surface area contributed by atoms with Crippen LogP contribution in [0.3, 0.4) is 0 Å². The molecule has 0 saturated heterocycles. The predicted octanol–water partition coefficient (Wildman–Crippen LogP) is 2.06. The molecule has 25 heavy (non-hydrogen) atoms. The van der Waals surface area contributed by atoms with Gasteiger partial charge in [-0.3, -0.25) is 4.79 Å².